The topological polar surface area (TPSA) is 50.2 Å². The van der Waals surface area contributed by atoms with Gasteiger partial charge in [-0.3, -0.25) is 4.79 Å². The molecule has 0 aliphatic heterocycles. The predicted molar refractivity (Wildman–Crippen MR) is 67.4 cm³/mol. The highest BCUT2D eigenvalue weighted by atomic mass is 32.1. The van der Waals surface area contributed by atoms with Gasteiger partial charge in [-0.2, -0.15) is 0 Å². The Morgan fingerprint density at radius 2 is 2.12 bits per heavy atom. The molecule has 4 heteroatoms. The number of hydrogen-bond acceptors (Lipinski definition) is 3. The largest absolute Gasteiger partial charge is 0.481 e. The predicted octanol–water partition coefficient (Wildman–Crippen LogP) is 2.86. The number of benzene rings is 1. The minimum atomic E-state index is -0.816. The molecule has 1 aromatic carbocycles. The molecule has 0 bridgehead atoms. The normalized spacial score (nSPS) is 12.3. The van der Waals surface area contributed by atoms with Gasteiger partial charge in [-0.1, -0.05) is 30.3 Å². The fraction of sp³-hybridized carbons (Fsp3) is 0.231. The number of aliphatic carboxylic acids is 1. The van der Waals surface area contributed by atoms with E-state index in [-0.39, 0.29) is 0 Å². The van der Waals surface area contributed by atoms with Crippen LogP contribution in [-0.4, -0.2) is 16.1 Å². The van der Waals surface area contributed by atoms with Crippen LogP contribution < -0.4 is 0 Å². The molecule has 3 nitrogen and oxygen atoms in total. The van der Waals surface area contributed by atoms with Crippen molar-refractivity contribution in [3.63, 3.8) is 0 Å². The first-order valence-electron chi connectivity index (χ1n) is 5.35. The quantitative estimate of drug-likeness (QED) is 0.903. The van der Waals surface area contributed by atoms with Crippen LogP contribution in [0.3, 0.4) is 0 Å². The summed E-state index contributed by atoms with van der Waals surface area (Å²) in [5.41, 5.74) is 1.90. The maximum atomic E-state index is 11.3. The summed E-state index contributed by atoms with van der Waals surface area (Å²) in [6.45, 7) is 1.88. The number of carbonyl (C=O) groups is 1. The van der Waals surface area contributed by atoms with E-state index >= 15 is 0 Å². The molecule has 2 aromatic rings. The summed E-state index contributed by atoms with van der Waals surface area (Å²) in [5.74, 6) is -1.36. The first-order chi connectivity index (χ1) is 8.16. The van der Waals surface area contributed by atoms with Crippen molar-refractivity contribution in [3.8, 4) is 0 Å². The number of thiazole rings is 1. The van der Waals surface area contributed by atoms with Gasteiger partial charge in [0.15, 0.2) is 0 Å². The van der Waals surface area contributed by atoms with E-state index in [9.17, 15) is 9.90 Å². The summed E-state index contributed by atoms with van der Waals surface area (Å²) < 4.78 is 0. The van der Waals surface area contributed by atoms with Gasteiger partial charge in [0, 0.05) is 11.1 Å². The Balaban J connectivity index is 2.22. The van der Waals surface area contributed by atoms with E-state index in [1.54, 1.807) is 0 Å². The fourth-order valence-electron chi connectivity index (χ4n) is 1.66. The van der Waals surface area contributed by atoms with Crippen LogP contribution in [0.15, 0.2) is 35.7 Å². The van der Waals surface area contributed by atoms with Crippen LogP contribution in [0.1, 0.15) is 22.2 Å². The minimum Gasteiger partial charge on any atom is -0.481 e. The van der Waals surface area contributed by atoms with Crippen LogP contribution in [0.25, 0.3) is 0 Å². The van der Waals surface area contributed by atoms with E-state index < -0.39 is 11.9 Å². The van der Waals surface area contributed by atoms with E-state index in [1.165, 1.54) is 11.3 Å². The number of carboxylic acids is 1. The van der Waals surface area contributed by atoms with E-state index in [0.717, 1.165) is 11.3 Å². The van der Waals surface area contributed by atoms with E-state index in [0.29, 0.717) is 11.4 Å². The average Bonchev–Trinajstić information content (AvgIpc) is 2.73. The molecule has 0 fully saturated rings. The van der Waals surface area contributed by atoms with Crippen LogP contribution in [-0.2, 0) is 11.2 Å². The molecule has 88 valence electrons. The Labute approximate surface area is 104 Å². The van der Waals surface area contributed by atoms with Crippen molar-refractivity contribution in [2.24, 2.45) is 0 Å². The lowest BCUT2D eigenvalue weighted by molar-refractivity contribution is -0.138. The van der Waals surface area contributed by atoms with Crippen molar-refractivity contribution >= 4 is 17.3 Å². The zero-order chi connectivity index (χ0) is 12.3. The van der Waals surface area contributed by atoms with Crippen molar-refractivity contribution in [2.75, 3.05) is 0 Å². The maximum Gasteiger partial charge on any atom is 0.313 e. The van der Waals surface area contributed by atoms with Gasteiger partial charge in [0.05, 0.1) is 0 Å². The lowest BCUT2D eigenvalue weighted by Gasteiger charge is -2.09. The van der Waals surface area contributed by atoms with E-state index in [1.807, 2.05) is 42.6 Å². The molecular weight excluding hydrogens is 234 g/mol. The van der Waals surface area contributed by atoms with Crippen molar-refractivity contribution in [1.82, 2.24) is 4.98 Å². The first kappa shape index (κ1) is 11.8. The van der Waals surface area contributed by atoms with Gasteiger partial charge in [-0.25, -0.2) is 4.98 Å². The molecule has 1 N–H and O–H groups in total. The van der Waals surface area contributed by atoms with Crippen molar-refractivity contribution < 1.29 is 9.90 Å². The van der Waals surface area contributed by atoms with Gasteiger partial charge in [-0.05, 0) is 18.9 Å². The number of nitrogens with zero attached hydrogens (tertiary/aromatic N) is 1. The molecule has 0 saturated heterocycles. The molecule has 0 radical (unpaired) electrons. The Bertz CT molecular complexity index is 507. The zero-order valence-corrected chi connectivity index (χ0v) is 10.3. The average molecular weight is 247 g/mol. The second-order valence-corrected chi connectivity index (χ2v) is 4.80. The van der Waals surface area contributed by atoms with Crippen LogP contribution in [0.2, 0.25) is 0 Å². The molecule has 0 aliphatic carbocycles. The number of rotatable bonds is 4. The third kappa shape index (κ3) is 2.91. The zero-order valence-electron chi connectivity index (χ0n) is 9.46. The molecule has 1 atom stereocenters. The molecular formula is C13H13NO2S. The Hall–Kier alpha value is -1.68. The molecule has 0 amide bonds. The van der Waals surface area contributed by atoms with Gasteiger partial charge in [0.2, 0.25) is 0 Å². The SMILES string of the molecule is Cc1csc(C(Cc2ccccc2)C(=O)O)n1. The first-order valence-corrected chi connectivity index (χ1v) is 6.23. The van der Waals surface area contributed by atoms with Gasteiger partial charge < -0.3 is 5.11 Å². The Kier molecular flexibility index (Phi) is 3.54. The summed E-state index contributed by atoms with van der Waals surface area (Å²) in [7, 11) is 0. The Morgan fingerprint density at radius 3 is 2.65 bits per heavy atom. The standard InChI is InChI=1S/C13H13NO2S/c1-9-8-17-12(14-9)11(13(15)16)7-10-5-3-2-4-6-10/h2-6,8,11H,7H2,1H3,(H,15,16). The molecule has 0 saturated carbocycles. The third-order valence-electron chi connectivity index (χ3n) is 2.52. The van der Waals surface area contributed by atoms with Gasteiger partial charge >= 0.3 is 5.97 Å². The summed E-state index contributed by atoms with van der Waals surface area (Å²) in [6, 6.07) is 9.64. The molecule has 0 aliphatic rings. The van der Waals surface area contributed by atoms with Crippen LogP contribution >= 0.6 is 11.3 Å². The van der Waals surface area contributed by atoms with E-state index in [2.05, 4.69) is 4.98 Å². The molecule has 1 unspecified atom stereocenters. The smallest absolute Gasteiger partial charge is 0.313 e. The maximum absolute atomic E-state index is 11.3. The van der Waals surface area contributed by atoms with Crippen molar-refractivity contribution in [2.45, 2.75) is 19.3 Å². The van der Waals surface area contributed by atoms with Crippen LogP contribution in [0, 0.1) is 6.92 Å². The van der Waals surface area contributed by atoms with E-state index in [4.69, 9.17) is 0 Å². The molecule has 17 heavy (non-hydrogen) atoms. The highest BCUT2D eigenvalue weighted by Crippen LogP contribution is 2.24. The fourth-order valence-corrected chi connectivity index (χ4v) is 2.55. The minimum absolute atomic E-state index is 0.489. The summed E-state index contributed by atoms with van der Waals surface area (Å²) in [4.78, 5) is 15.5. The van der Waals surface area contributed by atoms with Crippen molar-refractivity contribution in [3.05, 3.63) is 52.0 Å². The third-order valence-corrected chi connectivity index (χ3v) is 3.59. The van der Waals surface area contributed by atoms with Crippen molar-refractivity contribution in [1.29, 1.82) is 0 Å². The van der Waals surface area contributed by atoms with Gasteiger partial charge in [-0.15, -0.1) is 11.3 Å². The number of aryl methyl sites for hydroxylation is 1. The lowest BCUT2D eigenvalue weighted by atomic mass is 10.0. The second-order valence-electron chi connectivity index (χ2n) is 3.91. The molecule has 0 spiro atoms. The summed E-state index contributed by atoms with van der Waals surface area (Å²) >= 11 is 1.41. The monoisotopic (exact) mass is 247 g/mol. The number of hydrogen-bond donors (Lipinski definition) is 1. The van der Waals surface area contributed by atoms with Crippen LogP contribution in [0.5, 0.6) is 0 Å². The number of carboxylic acid groups (broad SMARTS) is 1. The molecule has 2 rings (SSSR count). The Morgan fingerprint density at radius 1 is 1.41 bits per heavy atom. The second kappa shape index (κ2) is 5.10. The summed E-state index contributed by atoms with van der Waals surface area (Å²) in [5, 5.41) is 11.8. The molecule has 1 aromatic heterocycles. The summed E-state index contributed by atoms with van der Waals surface area (Å²) in [6.07, 6.45) is 0.489. The lowest BCUT2D eigenvalue weighted by Crippen LogP contribution is -2.14. The highest BCUT2D eigenvalue weighted by Gasteiger charge is 2.23. The molecule has 1 heterocycles. The van der Waals surface area contributed by atoms with Gasteiger partial charge in [0.25, 0.3) is 0 Å². The van der Waals surface area contributed by atoms with Gasteiger partial charge in [0.1, 0.15) is 10.9 Å². The number of aromatic nitrogens is 1. The van der Waals surface area contributed by atoms with Crippen LogP contribution in [0.4, 0.5) is 0 Å². The highest BCUT2D eigenvalue weighted by molar-refractivity contribution is 7.09.